The fraction of sp³-hybridized carbons (Fsp3) is 0.571. The predicted molar refractivity (Wildman–Crippen MR) is 76.3 cm³/mol. The Morgan fingerprint density at radius 3 is 2.65 bits per heavy atom. The van der Waals surface area contributed by atoms with Crippen molar-refractivity contribution < 1.29 is 0 Å². The van der Waals surface area contributed by atoms with E-state index in [9.17, 15) is 0 Å². The van der Waals surface area contributed by atoms with Gasteiger partial charge in [-0.25, -0.2) is 0 Å². The summed E-state index contributed by atoms with van der Waals surface area (Å²) in [4.78, 5) is 2.56. The van der Waals surface area contributed by atoms with Crippen molar-refractivity contribution in [2.75, 3.05) is 24.6 Å². The van der Waals surface area contributed by atoms with Gasteiger partial charge in [-0.1, -0.05) is 30.3 Å². The van der Waals surface area contributed by atoms with Crippen molar-refractivity contribution in [3.63, 3.8) is 0 Å². The molecule has 0 spiro atoms. The Hall–Kier alpha value is -0.510. The van der Waals surface area contributed by atoms with E-state index in [1.54, 1.807) is 0 Å². The van der Waals surface area contributed by atoms with Gasteiger partial charge in [-0.2, -0.15) is 11.8 Å². The second kappa shape index (κ2) is 6.43. The number of nitrogens with zero attached hydrogens (tertiary/aromatic N) is 1. The number of benzene rings is 1. The quantitative estimate of drug-likeness (QED) is 0.894. The van der Waals surface area contributed by atoms with E-state index in [0.29, 0.717) is 6.04 Å². The molecule has 3 heteroatoms. The molecule has 0 radical (unpaired) electrons. The molecule has 2 unspecified atom stereocenters. The molecule has 0 aliphatic carbocycles. The summed E-state index contributed by atoms with van der Waals surface area (Å²) in [5.74, 6) is 2.52. The van der Waals surface area contributed by atoms with Crippen LogP contribution in [0.1, 0.15) is 24.9 Å². The lowest BCUT2D eigenvalue weighted by Crippen LogP contribution is -2.40. The summed E-state index contributed by atoms with van der Waals surface area (Å²) in [7, 11) is 0. The molecule has 1 aliphatic rings. The molecule has 1 heterocycles. The van der Waals surface area contributed by atoms with Crippen molar-refractivity contribution in [2.45, 2.75) is 25.4 Å². The number of hydrogen-bond donors (Lipinski definition) is 1. The molecule has 1 aliphatic heterocycles. The molecule has 1 aromatic carbocycles. The summed E-state index contributed by atoms with van der Waals surface area (Å²) < 4.78 is 0. The van der Waals surface area contributed by atoms with Crippen LogP contribution in [0.2, 0.25) is 0 Å². The van der Waals surface area contributed by atoms with E-state index in [-0.39, 0.29) is 6.04 Å². The van der Waals surface area contributed by atoms with E-state index in [2.05, 4.69) is 53.9 Å². The third-order valence-corrected chi connectivity index (χ3v) is 4.34. The molecule has 2 nitrogen and oxygen atoms in total. The molecular weight excluding hydrogens is 228 g/mol. The number of nitrogens with two attached hydrogens (primary N) is 1. The fourth-order valence-corrected chi connectivity index (χ4v) is 3.44. The van der Waals surface area contributed by atoms with Crippen LogP contribution in [0.25, 0.3) is 0 Å². The van der Waals surface area contributed by atoms with E-state index < -0.39 is 0 Å². The molecule has 0 bridgehead atoms. The lowest BCUT2D eigenvalue weighted by Gasteiger charge is -2.33. The number of rotatable bonds is 3. The van der Waals surface area contributed by atoms with Crippen molar-refractivity contribution in [2.24, 2.45) is 5.73 Å². The minimum atomic E-state index is 0.181. The van der Waals surface area contributed by atoms with Gasteiger partial charge < -0.3 is 5.73 Å². The van der Waals surface area contributed by atoms with Gasteiger partial charge >= 0.3 is 0 Å². The van der Waals surface area contributed by atoms with Gasteiger partial charge in [-0.15, -0.1) is 0 Å². The van der Waals surface area contributed by atoms with Crippen molar-refractivity contribution in [3.05, 3.63) is 35.9 Å². The first-order valence-corrected chi connectivity index (χ1v) is 7.57. The van der Waals surface area contributed by atoms with Crippen LogP contribution in [0.15, 0.2) is 30.3 Å². The highest BCUT2D eigenvalue weighted by Crippen LogP contribution is 2.25. The first-order chi connectivity index (χ1) is 8.29. The van der Waals surface area contributed by atoms with Gasteiger partial charge in [0.1, 0.15) is 0 Å². The highest BCUT2D eigenvalue weighted by atomic mass is 32.2. The Labute approximate surface area is 109 Å². The van der Waals surface area contributed by atoms with E-state index in [0.717, 1.165) is 6.54 Å². The van der Waals surface area contributed by atoms with Crippen molar-refractivity contribution >= 4 is 11.8 Å². The predicted octanol–water partition coefficient (Wildman–Crippen LogP) is 2.51. The minimum absolute atomic E-state index is 0.181. The van der Waals surface area contributed by atoms with Gasteiger partial charge in [-0.05, 0) is 31.2 Å². The monoisotopic (exact) mass is 250 g/mol. The van der Waals surface area contributed by atoms with Gasteiger partial charge in [0, 0.05) is 24.4 Å². The Morgan fingerprint density at radius 2 is 1.94 bits per heavy atom. The standard InChI is InChI=1S/C14H22N2S/c1-12(15)14(13-6-3-2-4-7-13)16-8-5-10-17-11-9-16/h2-4,6-7,12,14H,5,8-11,15H2,1H3. The van der Waals surface area contributed by atoms with Crippen LogP contribution in [0.5, 0.6) is 0 Å². The molecule has 0 saturated carbocycles. The number of hydrogen-bond acceptors (Lipinski definition) is 3. The molecule has 94 valence electrons. The Kier molecular flexibility index (Phi) is 4.89. The Morgan fingerprint density at radius 1 is 1.18 bits per heavy atom. The third kappa shape index (κ3) is 3.47. The second-order valence-corrected chi connectivity index (χ2v) is 5.94. The number of thioether (sulfide) groups is 1. The SMILES string of the molecule is CC(N)C(c1ccccc1)N1CCCSCC1. The van der Waals surface area contributed by atoms with Gasteiger partial charge in [0.2, 0.25) is 0 Å². The van der Waals surface area contributed by atoms with E-state index >= 15 is 0 Å². The van der Waals surface area contributed by atoms with E-state index in [1.165, 1.54) is 30.0 Å². The average Bonchev–Trinajstić information content (AvgIpc) is 2.59. The van der Waals surface area contributed by atoms with Crippen LogP contribution < -0.4 is 5.73 Å². The molecule has 1 fully saturated rings. The lowest BCUT2D eigenvalue weighted by atomic mass is 9.99. The zero-order chi connectivity index (χ0) is 12.1. The molecule has 1 aromatic rings. The molecule has 2 atom stereocenters. The maximum Gasteiger partial charge on any atom is 0.0496 e. The topological polar surface area (TPSA) is 29.3 Å². The zero-order valence-corrected chi connectivity index (χ0v) is 11.3. The van der Waals surface area contributed by atoms with Gasteiger partial charge in [0.15, 0.2) is 0 Å². The Bertz CT molecular complexity index is 318. The van der Waals surface area contributed by atoms with E-state index in [4.69, 9.17) is 5.73 Å². The third-order valence-electron chi connectivity index (χ3n) is 3.29. The summed E-state index contributed by atoms with van der Waals surface area (Å²) in [5, 5.41) is 0. The van der Waals surface area contributed by atoms with E-state index in [1.807, 2.05) is 0 Å². The Balaban J connectivity index is 2.16. The lowest BCUT2D eigenvalue weighted by molar-refractivity contribution is 0.190. The normalized spacial score (nSPS) is 21.8. The molecule has 2 rings (SSSR count). The van der Waals surface area contributed by atoms with Crippen LogP contribution >= 0.6 is 11.8 Å². The van der Waals surface area contributed by atoms with Crippen LogP contribution in [0.3, 0.4) is 0 Å². The molecule has 1 saturated heterocycles. The molecule has 2 N–H and O–H groups in total. The first kappa shape index (κ1) is 12.9. The zero-order valence-electron chi connectivity index (χ0n) is 10.5. The molecule has 17 heavy (non-hydrogen) atoms. The first-order valence-electron chi connectivity index (χ1n) is 6.41. The summed E-state index contributed by atoms with van der Waals surface area (Å²) in [6.07, 6.45) is 1.28. The summed E-state index contributed by atoms with van der Waals surface area (Å²) in [6, 6.07) is 11.2. The molecule has 0 amide bonds. The van der Waals surface area contributed by atoms with Crippen LogP contribution in [-0.2, 0) is 0 Å². The van der Waals surface area contributed by atoms with Crippen molar-refractivity contribution in [1.29, 1.82) is 0 Å². The van der Waals surface area contributed by atoms with Crippen molar-refractivity contribution in [3.8, 4) is 0 Å². The van der Waals surface area contributed by atoms with Gasteiger partial charge in [0.25, 0.3) is 0 Å². The maximum absolute atomic E-state index is 6.20. The van der Waals surface area contributed by atoms with Crippen LogP contribution in [0.4, 0.5) is 0 Å². The highest BCUT2D eigenvalue weighted by molar-refractivity contribution is 7.99. The smallest absolute Gasteiger partial charge is 0.0496 e. The highest BCUT2D eigenvalue weighted by Gasteiger charge is 2.24. The summed E-state index contributed by atoms with van der Waals surface area (Å²) >= 11 is 2.06. The van der Waals surface area contributed by atoms with Crippen LogP contribution in [0, 0.1) is 0 Å². The largest absolute Gasteiger partial charge is 0.326 e. The minimum Gasteiger partial charge on any atom is -0.326 e. The van der Waals surface area contributed by atoms with Gasteiger partial charge in [-0.3, -0.25) is 4.90 Å². The fourth-order valence-electron chi connectivity index (χ4n) is 2.54. The molecule has 0 aromatic heterocycles. The molecular formula is C14H22N2S. The summed E-state index contributed by atoms with van der Waals surface area (Å²) in [5.41, 5.74) is 7.56. The van der Waals surface area contributed by atoms with Crippen LogP contribution in [-0.4, -0.2) is 35.5 Å². The summed E-state index contributed by atoms with van der Waals surface area (Å²) in [6.45, 7) is 4.45. The maximum atomic E-state index is 6.20. The average molecular weight is 250 g/mol. The van der Waals surface area contributed by atoms with Gasteiger partial charge in [0.05, 0.1) is 0 Å². The second-order valence-electron chi connectivity index (χ2n) is 4.72. The van der Waals surface area contributed by atoms with Crippen molar-refractivity contribution in [1.82, 2.24) is 4.90 Å².